The van der Waals surface area contributed by atoms with Crippen LogP contribution >= 0.6 is 7.82 Å². The number of nitrogens with zero attached hydrogens (tertiary/aromatic N) is 5. The number of hydrogen-bond donors (Lipinski definition) is 4. The van der Waals surface area contributed by atoms with E-state index in [1.165, 1.54) is 86.8 Å². The van der Waals surface area contributed by atoms with Gasteiger partial charge in [-0.1, -0.05) is 76.9 Å². The summed E-state index contributed by atoms with van der Waals surface area (Å²) in [7, 11) is -4.93. The Bertz CT molecular complexity index is 1870. The molecule has 0 radical (unpaired) electrons. The van der Waals surface area contributed by atoms with Crippen molar-refractivity contribution in [1.82, 2.24) is 14.6 Å². The number of nitriles is 2. The number of allylic oxidation sites excluding steroid dienone is 2. The van der Waals surface area contributed by atoms with Gasteiger partial charge in [-0.25, -0.2) is 18.5 Å². The highest BCUT2D eigenvalue weighted by molar-refractivity contribution is 7.47. The van der Waals surface area contributed by atoms with E-state index in [9.17, 15) is 34.6 Å². The first-order valence-electron chi connectivity index (χ1n) is 20.2. The number of halogens is 1. The molecule has 0 aliphatic carbocycles. The SMILES string of the molecule is CCCCCCCC/C=C/CCCCCCCCOC[C@H](COP(=O)(O)OC[C@@]1(C#N)O[C@@H](c2ccc3c(N)ncnn23)[C@H](O)[C@@H]1O)OCc1cc(F)cc(C#N)c1. The van der Waals surface area contributed by atoms with E-state index >= 15 is 0 Å². The fourth-order valence-corrected chi connectivity index (χ4v) is 7.47. The average Bonchev–Trinajstić information content (AvgIpc) is 3.76. The normalized spacial score (nSPS) is 21.0. The van der Waals surface area contributed by atoms with Gasteiger partial charge >= 0.3 is 7.82 Å². The number of aliphatic hydroxyl groups is 2. The summed E-state index contributed by atoms with van der Waals surface area (Å²) in [6, 6.07) is 10.5. The van der Waals surface area contributed by atoms with Crippen molar-refractivity contribution in [2.45, 2.75) is 133 Å². The Labute approximate surface area is 340 Å². The quantitative estimate of drug-likeness (QED) is 0.0324. The molecule has 0 bridgehead atoms. The third kappa shape index (κ3) is 14.5. The number of ether oxygens (including phenoxy) is 3. The third-order valence-corrected chi connectivity index (χ3v) is 10.9. The molecule has 4 rings (SSSR count). The largest absolute Gasteiger partial charge is 0.472 e. The molecule has 3 aromatic rings. The fourth-order valence-electron chi connectivity index (χ4n) is 6.69. The van der Waals surface area contributed by atoms with Gasteiger partial charge in [0.2, 0.25) is 5.60 Å². The lowest BCUT2D eigenvalue weighted by atomic mass is 9.96. The number of benzene rings is 1. The molecule has 3 heterocycles. The molecule has 17 heteroatoms. The molecule has 2 aromatic heterocycles. The van der Waals surface area contributed by atoms with E-state index < -0.39 is 56.9 Å². The third-order valence-electron chi connectivity index (χ3n) is 9.98. The molecular weight excluding hydrogens is 770 g/mol. The molecule has 6 atom stereocenters. The van der Waals surface area contributed by atoms with Crippen LogP contribution < -0.4 is 5.73 Å². The van der Waals surface area contributed by atoms with E-state index in [-0.39, 0.29) is 30.3 Å². The number of unbranched alkanes of at least 4 members (excludes halogenated alkanes) is 12. The highest BCUT2D eigenvalue weighted by atomic mass is 31.2. The van der Waals surface area contributed by atoms with Crippen molar-refractivity contribution in [3.8, 4) is 12.1 Å². The number of aliphatic hydroxyl groups excluding tert-OH is 2. The Kier molecular flexibility index (Phi) is 19.7. The molecule has 1 saturated heterocycles. The van der Waals surface area contributed by atoms with Crippen molar-refractivity contribution in [3.05, 3.63) is 71.4 Å². The number of anilines is 1. The Morgan fingerprint density at radius 2 is 1.69 bits per heavy atom. The Balaban J connectivity index is 1.22. The number of aromatic nitrogens is 3. The minimum Gasteiger partial charge on any atom is -0.387 e. The van der Waals surface area contributed by atoms with E-state index in [2.05, 4.69) is 29.2 Å². The predicted molar refractivity (Wildman–Crippen MR) is 213 cm³/mol. The average molecular weight is 829 g/mol. The highest BCUT2D eigenvalue weighted by Crippen LogP contribution is 2.47. The Morgan fingerprint density at radius 1 is 1.00 bits per heavy atom. The van der Waals surface area contributed by atoms with Crippen molar-refractivity contribution in [2.24, 2.45) is 0 Å². The van der Waals surface area contributed by atoms with Gasteiger partial charge in [0.15, 0.2) is 5.82 Å². The molecule has 1 aromatic carbocycles. The summed E-state index contributed by atoms with van der Waals surface area (Å²) in [5.74, 6) is -0.468. The molecule has 1 fully saturated rings. The van der Waals surface area contributed by atoms with E-state index in [0.717, 1.165) is 38.2 Å². The van der Waals surface area contributed by atoms with Gasteiger partial charge in [0.1, 0.15) is 54.8 Å². The summed E-state index contributed by atoms with van der Waals surface area (Å²) in [4.78, 5) is 14.5. The monoisotopic (exact) mass is 828 g/mol. The van der Waals surface area contributed by atoms with Crippen LogP contribution in [0.25, 0.3) is 5.52 Å². The van der Waals surface area contributed by atoms with Crippen LogP contribution in [0.4, 0.5) is 10.2 Å². The second-order valence-electron chi connectivity index (χ2n) is 14.6. The summed E-state index contributed by atoms with van der Waals surface area (Å²) in [6.07, 6.45) is 16.6. The molecule has 0 amide bonds. The summed E-state index contributed by atoms with van der Waals surface area (Å²) < 4.78 is 56.3. The number of phosphoric acid groups is 1. The lowest BCUT2D eigenvalue weighted by Crippen LogP contribution is -2.45. The maximum absolute atomic E-state index is 14.1. The van der Waals surface area contributed by atoms with Crippen molar-refractivity contribution in [3.63, 3.8) is 0 Å². The zero-order valence-electron chi connectivity index (χ0n) is 33.3. The molecule has 5 N–H and O–H groups in total. The minimum atomic E-state index is -4.93. The molecule has 15 nitrogen and oxygen atoms in total. The van der Waals surface area contributed by atoms with E-state index in [1.807, 2.05) is 6.07 Å². The van der Waals surface area contributed by atoms with Crippen LogP contribution in [0.5, 0.6) is 0 Å². The van der Waals surface area contributed by atoms with Gasteiger partial charge in [-0.05, 0) is 68.0 Å². The number of fused-ring (bicyclic) bond motifs is 1. The summed E-state index contributed by atoms with van der Waals surface area (Å²) in [5.41, 5.74) is 4.73. The van der Waals surface area contributed by atoms with E-state index in [4.69, 9.17) is 29.0 Å². The Hall–Kier alpha value is -3.80. The number of rotatable bonds is 28. The van der Waals surface area contributed by atoms with Gasteiger partial charge in [-0.2, -0.15) is 15.6 Å². The maximum Gasteiger partial charge on any atom is 0.472 e. The first-order chi connectivity index (χ1) is 28.0. The molecular formula is C41H58FN6O9P. The fraction of sp³-hybridized carbons (Fsp3) is 0.610. The highest BCUT2D eigenvalue weighted by Gasteiger charge is 2.57. The van der Waals surface area contributed by atoms with E-state index in [0.29, 0.717) is 17.7 Å². The molecule has 1 aliphatic rings. The van der Waals surface area contributed by atoms with Crippen molar-refractivity contribution >= 4 is 19.2 Å². The zero-order valence-corrected chi connectivity index (χ0v) is 34.2. The summed E-state index contributed by atoms with van der Waals surface area (Å²) >= 11 is 0. The van der Waals surface area contributed by atoms with Crippen LogP contribution in [0.15, 0.2) is 48.8 Å². The molecule has 58 heavy (non-hydrogen) atoms. The number of nitrogen functional groups attached to an aromatic ring is 1. The summed E-state index contributed by atoms with van der Waals surface area (Å²) in [5, 5.41) is 45.1. The van der Waals surface area contributed by atoms with Gasteiger partial charge < -0.3 is 35.1 Å². The molecule has 0 spiro atoms. The lowest BCUT2D eigenvalue weighted by Gasteiger charge is -2.26. The smallest absolute Gasteiger partial charge is 0.387 e. The predicted octanol–water partition coefficient (Wildman–Crippen LogP) is 7.15. The van der Waals surface area contributed by atoms with E-state index in [1.54, 1.807) is 12.1 Å². The van der Waals surface area contributed by atoms with Gasteiger partial charge in [-0.15, -0.1) is 0 Å². The van der Waals surface area contributed by atoms with Crippen LogP contribution in [0.1, 0.15) is 120 Å². The minimum absolute atomic E-state index is 0.0390. The maximum atomic E-state index is 14.1. The summed E-state index contributed by atoms with van der Waals surface area (Å²) in [6.45, 7) is 0.990. The number of nitrogens with two attached hydrogens (primary N) is 1. The first-order valence-corrected chi connectivity index (χ1v) is 21.7. The lowest BCUT2D eigenvalue weighted by molar-refractivity contribution is -0.0790. The molecule has 1 unspecified atom stereocenters. The molecule has 0 saturated carbocycles. The van der Waals surface area contributed by atoms with Crippen molar-refractivity contribution in [1.29, 1.82) is 10.5 Å². The standard InChI is InChI=1S/C41H58FN6O9P/c1-2-3-4-5-6-7-8-9-10-11-12-13-14-15-16-17-20-53-26-34(54-25-32-21-31(24-43)22-33(42)23-32)27-55-58(51,52)56-29-41(28-44)39(50)37(49)38(57-41)35-18-19-36-40(45)46-30-47-48(35)36/h9-10,18-19,21-23,30,34,37-39,49-50H,2-8,11-17,20,25-27,29H2,1H3,(H,51,52)(H2,45,46,47)/b10-9+/t34-,37+,38+,39+,41-/m1/s1. The van der Waals surface area contributed by atoms with Gasteiger partial charge in [0, 0.05) is 6.61 Å². The van der Waals surface area contributed by atoms with Crippen molar-refractivity contribution < 1.29 is 47.3 Å². The number of hydrogen-bond acceptors (Lipinski definition) is 13. The topological polar surface area (TPSA) is 228 Å². The molecule has 318 valence electrons. The Morgan fingerprint density at radius 3 is 2.38 bits per heavy atom. The molecule has 1 aliphatic heterocycles. The number of phosphoric ester groups is 1. The van der Waals surface area contributed by atoms with Gasteiger partial charge in [-0.3, -0.25) is 9.05 Å². The van der Waals surface area contributed by atoms with Crippen LogP contribution in [-0.2, 0) is 34.4 Å². The van der Waals surface area contributed by atoms with Crippen LogP contribution in [0, 0.1) is 28.5 Å². The second-order valence-corrected chi connectivity index (χ2v) is 16.1. The van der Waals surface area contributed by atoms with Crippen molar-refractivity contribution in [2.75, 3.05) is 32.2 Å². The van der Waals surface area contributed by atoms with Crippen LogP contribution in [0.2, 0.25) is 0 Å². The van der Waals surface area contributed by atoms with Crippen LogP contribution in [0.3, 0.4) is 0 Å². The first kappa shape index (κ1) is 46.9. The van der Waals surface area contributed by atoms with Gasteiger partial charge in [0.05, 0.1) is 37.1 Å². The zero-order chi connectivity index (χ0) is 41.8. The van der Waals surface area contributed by atoms with Crippen LogP contribution in [-0.4, -0.2) is 80.0 Å². The second kappa shape index (κ2) is 24.3. The van der Waals surface area contributed by atoms with Gasteiger partial charge in [0.25, 0.3) is 0 Å².